The predicted octanol–water partition coefficient (Wildman–Crippen LogP) is 8.81. The van der Waals surface area contributed by atoms with Gasteiger partial charge in [0.15, 0.2) is 0 Å². The Kier molecular flexibility index (Phi) is 9.42. The summed E-state index contributed by atoms with van der Waals surface area (Å²) in [7, 11) is -2.74. The van der Waals surface area contributed by atoms with Crippen molar-refractivity contribution in [3.8, 4) is 22.4 Å². The Morgan fingerprint density at radius 3 is 2.09 bits per heavy atom. The second-order valence-corrected chi connectivity index (χ2v) is 13.7. The third-order valence-electron chi connectivity index (χ3n) is 7.38. The van der Waals surface area contributed by atoms with Gasteiger partial charge in [0.1, 0.15) is 0 Å². The molecule has 0 radical (unpaired) electrons. The molecule has 4 aromatic rings. The van der Waals surface area contributed by atoms with Crippen LogP contribution in [0.15, 0.2) is 77.7 Å². The van der Waals surface area contributed by atoms with Crippen molar-refractivity contribution in [1.82, 2.24) is 14.2 Å². The van der Waals surface area contributed by atoms with Crippen LogP contribution in [0.3, 0.4) is 0 Å². The number of aromatic nitrogens is 1. The fourth-order valence-corrected chi connectivity index (χ4v) is 6.87. The number of rotatable bonds is 8. The standard InChI is InChI=1S/C31H27Cl3F3N3O2S/c1-39(43(41,42)25-11-6-22(7-12-25)31(35,36)37)18-21-16-27(26-13-10-24(33)17-28(26)34)30(20-4-8-23(32)9-5-20)38-29(21)19-40-14-2-3-15-40/h4-13,16-17H,2-3,14-15,18-19H2,1H3. The number of hydrogen-bond donors (Lipinski definition) is 0. The maximum atomic E-state index is 13.5. The molecule has 5 nitrogen and oxygen atoms in total. The molecule has 1 fully saturated rings. The molecule has 1 aliphatic heterocycles. The first-order valence-corrected chi connectivity index (χ1v) is 16.0. The van der Waals surface area contributed by atoms with Crippen molar-refractivity contribution in [2.45, 2.75) is 37.0 Å². The zero-order valence-electron chi connectivity index (χ0n) is 23.0. The van der Waals surface area contributed by atoms with Gasteiger partial charge >= 0.3 is 6.18 Å². The van der Waals surface area contributed by atoms with Crippen LogP contribution < -0.4 is 0 Å². The van der Waals surface area contributed by atoms with E-state index < -0.39 is 21.8 Å². The molecular formula is C31H27Cl3F3N3O2S. The Morgan fingerprint density at radius 2 is 1.49 bits per heavy atom. The van der Waals surface area contributed by atoms with E-state index in [4.69, 9.17) is 39.8 Å². The maximum absolute atomic E-state index is 13.5. The normalized spacial score (nSPS) is 14.5. The lowest BCUT2D eigenvalue weighted by atomic mass is 9.96. The average molecular weight is 669 g/mol. The van der Waals surface area contributed by atoms with Crippen LogP contribution in [0.25, 0.3) is 22.4 Å². The Morgan fingerprint density at radius 1 is 0.860 bits per heavy atom. The van der Waals surface area contributed by atoms with Gasteiger partial charge < -0.3 is 0 Å². The van der Waals surface area contributed by atoms with Crippen molar-refractivity contribution in [1.29, 1.82) is 0 Å². The highest BCUT2D eigenvalue weighted by Crippen LogP contribution is 2.39. The van der Waals surface area contributed by atoms with E-state index in [0.717, 1.165) is 60.1 Å². The van der Waals surface area contributed by atoms with E-state index in [1.165, 1.54) is 7.05 Å². The molecule has 43 heavy (non-hydrogen) atoms. The summed E-state index contributed by atoms with van der Waals surface area (Å²) in [4.78, 5) is 7.12. The Labute approximate surface area is 263 Å². The lowest BCUT2D eigenvalue weighted by molar-refractivity contribution is -0.137. The summed E-state index contributed by atoms with van der Waals surface area (Å²) in [5.41, 5.74) is 3.18. The molecule has 3 aromatic carbocycles. The zero-order chi connectivity index (χ0) is 30.9. The molecule has 1 aliphatic rings. The second kappa shape index (κ2) is 12.8. The molecule has 12 heteroatoms. The smallest absolute Gasteiger partial charge is 0.298 e. The summed E-state index contributed by atoms with van der Waals surface area (Å²) < 4.78 is 67.3. The van der Waals surface area contributed by atoms with E-state index in [1.807, 2.05) is 18.2 Å². The van der Waals surface area contributed by atoms with Gasteiger partial charge in [0.05, 0.1) is 21.8 Å². The molecule has 2 heterocycles. The van der Waals surface area contributed by atoms with Gasteiger partial charge in [-0.05, 0) is 86.1 Å². The highest BCUT2D eigenvalue weighted by molar-refractivity contribution is 7.89. The number of alkyl halides is 3. The van der Waals surface area contributed by atoms with E-state index in [9.17, 15) is 21.6 Å². The minimum atomic E-state index is -4.57. The molecule has 0 unspecified atom stereocenters. The van der Waals surface area contributed by atoms with Crippen molar-refractivity contribution in [3.63, 3.8) is 0 Å². The van der Waals surface area contributed by atoms with Crippen molar-refractivity contribution >= 4 is 44.8 Å². The first-order chi connectivity index (χ1) is 20.3. The minimum absolute atomic E-state index is 0.0708. The number of benzene rings is 3. The van der Waals surface area contributed by atoms with Crippen molar-refractivity contribution in [2.24, 2.45) is 0 Å². The van der Waals surface area contributed by atoms with Crippen LogP contribution in [0, 0.1) is 0 Å². The van der Waals surface area contributed by atoms with E-state index >= 15 is 0 Å². The molecule has 1 saturated heterocycles. The zero-order valence-corrected chi connectivity index (χ0v) is 26.1. The molecule has 0 amide bonds. The van der Waals surface area contributed by atoms with Crippen LogP contribution in [0.2, 0.25) is 15.1 Å². The number of likely N-dealkylation sites (tertiary alicyclic amines) is 1. The minimum Gasteiger partial charge on any atom is -0.298 e. The molecule has 0 atom stereocenters. The van der Waals surface area contributed by atoms with Crippen molar-refractivity contribution in [3.05, 3.63) is 105 Å². The molecule has 0 aliphatic carbocycles. The SMILES string of the molecule is CN(Cc1cc(-c2ccc(Cl)cc2Cl)c(-c2ccc(Cl)cc2)nc1CN1CCCC1)S(=O)(=O)c1ccc(C(F)(F)F)cc1. The van der Waals surface area contributed by atoms with Crippen LogP contribution in [0.1, 0.15) is 29.7 Å². The van der Waals surface area contributed by atoms with Crippen LogP contribution in [-0.4, -0.2) is 42.7 Å². The Bertz CT molecular complexity index is 1730. The molecule has 5 rings (SSSR count). The first kappa shape index (κ1) is 31.8. The lowest BCUT2D eigenvalue weighted by Gasteiger charge is -2.23. The van der Waals surface area contributed by atoms with E-state index in [2.05, 4.69) is 4.90 Å². The topological polar surface area (TPSA) is 53.5 Å². The van der Waals surface area contributed by atoms with Gasteiger partial charge in [-0.25, -0.2) is 8.42 Å². The predicted molar refractivity (Wildman–Crippen MR) is 165 cm³/mol. The van der Waals surface area contributed by atoms with Crippen LogP contribution >= 0.6 is 34.8 Å². The average Bonchev–Trinajstić information content (AvgIpc) is 3.47. The molecule has 0 bridgehead atoms. The van der Waals surface area contributed by atoms with Gasteiger partial charge in [0, 0.05) is 51.9 Å². The van der Waals surface area contributed by atoms with Gasteiger partial charge in [0.25, 0.3) is 0 Å². The van der Waals surface area contributed by atoms with E-state index in [-0.39, 0.29) is 11.4 Å². The number of halogens is 6. The van der Waals surface area contributed by atoms with Gasteiger partial charge in [-0.3, -0.25) is 9.88 Å². The van der Waals surface area contributed by atoms with Crippen molar-refractivity contribution < 1.29 is 21.6 Å². The van der Waals surface area contributed by atoms with Gasteiger partial charge in [-0.2, -0.15) is 17.5 Å². The summed E-state index contributed by atoms with van der Waals surface area (Å²) in [6, 6.07) is 17.7. The quantitative estimate of drug-likeness (QED) is 0.188. The monoisotopic (exact) mass is 667 g/mol. The molecule has 1 aromatic heterocycles. The highest BCUT2D eigenvalue weighted by atomic mass is 35.5. The van der Waals surface area contributed by atoms with Gasteiger partial charge in [-0.15, -0.1) is 0 Å². The first-order valence-electron chi connectivity index (χ1n) is 13.4. The Hall–Kier alpha value is -2.66. The van der Waals surface area contributed by atoms with Gasteiger partial charge in [0.2, 0.25) is 10.0 Å². The largest absolute Gasteiger partial charge is 0.416 e. The van der Waals surface area contributed by atoms with Crippen molar-refractivity contribution in [2.75, 3.05) is 20.1 Å². The fourth-order valence-electron chi connectivity index (χ4n) is 5.08. The summed E-state index contributed by atoms with van der Waals surface area (Å²) in [5.74, 6) is 0. The van der Waals surface area contributed by atoms with E-state index in [1.54, 1.807) is 30.3 Å². The molecule has 0 spiro atoms. The molecular weight excluding hydrogens is 642 g/mol. The Balaban J connectivity index is 1.61. The summed E-state index contributed by atoms with van der Waals surface area (Å²) in [6.45, 7) is 2.21. The summed E-state index contributed by atoms with van der Waals surface area (Å²) in [6.07, 6.45) is -2.46. The van der Waals surface area contributed by atoms with Gasteiger partial charge in [-0.1, -0.05) is 53.0 Å². The number of hydrogen-bond acceptors (Lipinski definition) is 4. The summed E-state index contributed by atoms with van der Waals surface area (Å²) in [5, 5.41) is 1.43. The number of sulfonamides is 1. The maximum Gasteiger partial charge on any atom is 0.416 e. The second-order valence-electron chi connectivity index (χ2n) is 10.4. The number of nitrogens with zero attached hydrogens (tertiary/aromatic N) is 3. The fraction of sp³-hybridized carbons (Fsp3) is 0.258. The third kappa shape index (κ3) is 7.19. The summed E-state index contributed by atoms with van der Waals surface area (Å²) >= 11 is 19.0. The van der Waals surface area contributed by atoms with Crippen LogP contribution in [-0.2, 0) is 29.3 Å². The van der Waals surface area contributed by atoms with Crippen LogP contribution in [0.5, 0.6) is 0 Å². The highest BCUT2D eigenvalue weighted by Gasteiger charge is 2.31. The lowest BCUT2D eigenvalue weighted by Crippen LogP contribution is -2.28. The van der Waals surface area contributed by atoms with Crippen LogP contribution in [0.4, 0.5) is 13.2 Å². The molecule has 226 valence electrons. The molecule has 0 N–H and O–H groups in total. The molecule has 0 saturated carbocycles. The number of pyridine rings is 1. The third-order valence-corrected chi connectivity index (χ3v) is 10.0. The van der Waals surface area contributed by atoms with E-state index in [0.29, 0.717) is 49.7 Å².